The van der Waals surface area contributed by atoms with Crippen LogP contribution in [0, 0.1) is 17.8 Å². The van der Waals surface area contributed by atoms with Crippen molar-refractivity contribution in [2.45, 2.75) is 58.6 Å². The molecule has 0 aromatic heterocycles. The molecule has 1 aliphatic carbocycles. The number of ether oxygens (including phenoxy) is 1. The first-order valence-electron chi connectivity index (χ1n) is 8.70. The second-order valence-electron chi connectivity index (χ2n) is 7.26. The minimum atomic E-state index is -0.530. The third kappa shape index (κ3) is 7.30. The zero-order valence-corrected chi connectivity index (χ0v) is 15.1. The maximum absolute atomic E-state index is 11.9. The van der Waals surface area contributed by atoms with Gasteiger partial charge in [-0.15, -0.1) is 0 Å². The van der Waals surface area contributed by atoms with Crippen molar-refractivity contribution in [2.24, 2.45) is 5.92 Å². The van der Waals surface area contributed by atoms with Crippen LogP contribution in [0.1, 0.15) is 52.0 Å². The van der Waals surface area contributed by atoms with Crippen LogP contribution in [-0.4, -0.2) is 17.6 Å². The largest absolute Gasteiger partial charge is 0.444 e. The van der Waals surface area contributed by atoms with Crippen molar-refractivity contribution in [3.05, 3.63) is 29.8 Å². The number of hydrogen-bond acceptors (Lipinski definition) is 3. The van der Waals surface area contributed by atoms with Crippen LogP contribution < -0.4 is 10.6 Å². The van der Waals surface area contributed by atoms with Gasteiger partial charge in [-0.3, -0.25) is 4.79 Å². The number of rotatable bonds is 3. The molecule has 0 bridgehead atoms. The summed E-state index contributed by atoms with van der Waals surface area (Å²) in [5.41, 5.74) is 0.999. The van der Waals surface area contributed by atoms with E-state index in [-0.39, 0.29) is 5.91 Å². The van der Waals surface area contributed by atoms with Gasteiger partial charge in [0.25, 0.3) is 5.91 Å². The second kappa shape index (κ2) is 8.57. The highest BCUT2D eigenvalue weighted by Gasteiger charge is 2.15. The zero-order valence-electron chi connectivity index (χ0n) is 15.1. The molecule has 1 aliphatic rings. The molecule has 2 amide bonds. The van der Waals surface area contributed by atoms with E-state index >= 15 is 0 Å². The molecule has 5 nitrogen and oxygen atoms in total. The minimum absolute atomic E-state index is 0.302. The smallest absolute Gasteiger partial charge is 0.407 e. The number of nitrogens with one attached hydrogen (secondary N) is 2. The first-order chi connectivity index (χ1) is 11.8. The van der Waals surface area contributed by atoms with E-state index in [9.17, 15) is 9.59 Å². The molecule has 2 N–H and O–H groups in total. The molecule has 0 atom stereocenters. The molecule has 2 rings (SSSR count). The maximum atomic E-state index is 11.9. The van der Waals surface area contributed by atoms with E-state index in [1.54, 1.807) is 6.07 Å². The summed E-state index contributed by atoms with van der Waals surface area (Å²) in [5.74, 6) is 5.78. The predicted molar refractivity (Wildman–Crippen MR) is 97.9 cm³/mol. The van der Waals surface area contributed by atoms with Crippen LogP contribution in [0.4, 0.5) is 10.5 Å². The van der Waals surface area contributed by atoms with Crippen molar-refractivity contribution in [1.29, 1.82) is 0 Å². The summed E-state index contributed by atoms with van der Waals surface area (Å²) >= 11 is 0. The fourth-order valence-corrected chi connectivity index (χ4v) is 2.65. The van der Waals surface area contributed by atoms with E-state index in [0.29, 0.717) is 18.2 Å². The molecule has 0 saturated heterocycles. The molecule has 25 heavy (non-hydrogen) atoms. The Balaban J connectivity index is 1.85. The van der Waals surface area contributed by atoms with Crippen molar-refractivity contribution in [2.75, 3.05) is 5.32 Å². The average molecular weight is 342 g/mol. The lowest BCUT2D eigenvalue weighted by Gasteiger charge is -2.19. The molecule has 0 spiro atoms. The molecule has 0 unspecified atom stereocenters. The van der Waals surface area contributed by atoms with Gasteiger partial charge >= 0.3 is 6.09 Å². The van der Waals surface area contributed by atoms with Crippen molar-refractivity contribution < 1.29 is 14.3 Å². The van der Waals surface area contributed by atoms with Crippen LogP contribution in [-0.2, 0) is 16.1 Å². The molecule has 134 valence electrons. The number of benzene rings is 1. The lowest BCUT2D eigenvalue weighted by atomic mass is 10.1. The van der Waals surface area contributed by atoms with Gasteiger partial charge in [-0.05, 0) is 57.2 Å². The van der Waals surface area contributed by atoms with Gasteiger partial charge in [-0.1, -0.05) is 30.9 Å². The zero-order chi connectivity index (χ0) is 18.3. The van der Waals surface area contributed by atoms with Crippen LogP contribution in [0.3, 0.4) is 0 Å². The molecule has 5 heteroatoms. The number of carbonyl (C=O) groups excluding carboxylic acids is 2. The van der Waals surface area contributed by atoms with Crippen LogP contribution in [0.25, 0.3) is 0 Å². The third-order valence-electron chi connectivity index (χ3n) is 3.77. The fourth-order valence-electron chi connectivity index (χ4n) is 2.65. The first-order valence-corrected chi connectivity index (χ1v) is 8.70. The Morgan fingerprint density at radius 2 is 1.96 bits per heavy atom. The summed E-state index contributed by atoms with van der Waals surface area (Å²) in [6.07, 6.45) is 4.11. The Morgan fingerprint density at radius 1 is 1.24 bits per heavy atom. The lowest BCUT2D eigenvalue weighted by Crippen LogP contribution is -2.32. The van der Waals surface area contributed by atoms with Crippen LogP contribution in [0.5, 0.6) is 0 Å². The molecule has 1 fully saturated rings. The van der Waals surface area contributed by atoms with E-state index in [0.717, 1.165) is 18.4 Å². The van der Waals surface area contributed by atoms with E-state index in [4.69, 9.17) is 4.74 Å². The normalized spacial score (nSPS) is 14.4. The highest BCUT2D eigenvalue weighted by Crippen LogP contribution is 2.23. The Labute approximate surface area is 149 Å². The lowest BCUT2D eigenvalue weighted by molar-refractivity contribution is -0.111. The number of alkyl carbamates (subject to hydrolysis) is 1. The first kappa shape index (κ1) is 18.9. The number of amides is 2. The van der Waals surface area contributed by atoms with Crippen molar-refractivity contribution in [1.82, 2.24) is 5.32 Å². The van der Waals surface area contributed by atoms with Crippen LogP contribution in [0.2, 0.25) is 0 Å². The summed E-state index contributed by atoms with van der Waals surface area (Å²) in [4.78, 5) is 23.6. The molecule has 0 radical (unpaired) electrons. The molecule has 0 aliphatic heterocycles. The molecule has 0 heterocycles. The predicted octanol–water partition coefficient (Wildman–Crippen LogP) is 3.84. The topological polar surface area (TPSA) is 67.4 Å². The number of carbonyl (C=O) groups is 2. The van der Waals surface area contributed by atoms with Gasteiger partial charge in [-0.25, -0.2) is 4.79 Å². The molecule has 1 aromatic rings. The average Bonchev–Trinajstić information content (AvgIpc) is 3.03. The summed E-state index contributed by atoms with van der Waals surface area (Å²) in [6, 6.07) is 7.31. The Hall–Kier alpha value is -2.48. The standard InChI is InChI=1S/C20H26N2O3/c1-20(2,3)25-19(24)21-14-16-9-6-10-17(13-16)22-18(23)12-11-15-7-4-5-8-15/h6,9-10,13,15H,4-5,7-8,14H2,1-3H3,(H,21,24)(H,22,23). The van der Waals surface area contributed by atoms with Crippen LogP contribution >= 0.6 is 0 Å². The van der Waals surface area contributed by atoms with Crippen LogP contribution in [0.15, 0.2) is 24.3 Å². The SMILES string of the molecule is CC(C)(C)OC(=O)NCc1cccc(NC(=O)C#CC2CCCC2)c1. The molecular weight excluding hydrogens is 316 g/mol. The van der Waals surface area contributed by atoms with Crippen molar-refractivity contribution in [3.8, 4) is 11.8 Å². The Bertz CT molecular complexity index is 674. The summed E-state index contributed by atoms with van der Waals surface area (Å²) < 4.78 is 5.20. The Kier molecular flexibility index (Phi) is 6.46. The van der Waals surface area contributed by atoms with E-state index < -0.39 is 11.7 Å². The third-order valence-corrected chi connectivity index (χ3v) is 3.77. The van der Waals surface area contributed by atoms with E-state index in [1.807, 2.05) is 39.0 Å². The van der Waals surface area contributed by atoms with Gasteiger partial charge in [0.1, 0.15) is 5.60 Å². The second-order valence-corrected chi connectivity index (χ2v) is 7.26. The monoisotopic (exact) mass is 342 g/mol. The van der Waals surface area contributed by atoms with E-state index in [1.165, 1.54) is 12.8 Å². The van der Waals surface area contributed by atoms with Gasteiger partial charge in [0, 0.05) is 18.2 Å². The highest BCUT2D eigenvalue weighted by atomic mass is 16.6. The highest BCUT2D eigenvalue weighted by molar-refractivity contribution is 6.04. The van der Waals surface area contributed by atoms with Crippen molar-refractivity contribution >= 4 is 17.7 Å². The van der Waals surface area contributed by atoms with Gasteiger partial charge in [0.15, 0.2) is 0 Å². The summed E-state index contributed by atoms with van der Waals surface area (Å²) in [7, 11) is 0. The quantitative estimate of drug-likeness (QED) is 0.820. The fraction of sp³-hybridized carbons (Fsp3) is 0.500. The molecule has 1 aromatic carbocycles. The van der Waals surface area contributed by atoms with Gasteiger partial charge in [-0.2, -0.15) is 0 Å². The van der Waals surface area contributed by atoms with Gasteiger partial charge in [0.05, 0.1) is 0 Å². The maximum Gasteiger partial charge on any atom is 0.407 e. The summed E-state index contributed by atoms with van der Waals surface area (Å²) in [5, 5.41) is 5.47. The van der Waals surface area contributed by atoms with Crippen molar-refractivity contribution in [3.63, 3.8) is 0 Å². The van der Waals surface area contributed by atoms with Gasteiger partial charge < -0.3 is 15.4 Å². The number of hydrogen-bond donors (Lipinski definition) is 2. The van der Waals surface area contributed by atoms with E-state index in [2.05, 4.69) is 22.5 Å². The molecular formula is C20H26N2O3. The van der Waals surface area contributed by atoms with Gasteiger partial charge in [0.2, 0.25) is 0 Å². The molecule has 1 saturated carbocycles. The number of anilines is 1. The summed E-state index contributed by atoms with van der Waals surface area (Å²) in [6.45, 7) is 5.77. The Morgan fingerprint density at radius 3 is 2.64 bits per heavy atom. The minimum Gasteiger partial charge on any atom is -0.444 e.